The maximum atomic E-state index is 12.0. The smallest absolute Gasteiger partial charge is 0.306 e. The molecule has 16 heavy (non-hydrogen) atoms. The van der Waals surface area contributed by atoms with Gasteiger partial charge in [-0.1, -0.05) is 0 Å². The predicted molar refractivity (Wildman–Crippen MR) is 57.9 cm³/mol. The molecule has 0 aromatic heterocycles. The standard InChI is InChI=1S/C11H18N2O3/c14-10(9-1-4-12-7-9)13-5-2-8(3-6-13)11(15)16/h8-9,12H,1-7H2,(H,15,16). The molecule has 2 saturated heterocycles. The van der Waals surface area contributed by atoms with E-state index in [4.69, 9.17) is 5.11 Å². The van der Waals surface area contributed by atoms with Crippen molar-refractivity contribution in [2.24, 2.45) is 11.8 Å². The van der Waals surface area contributed by atoms with Crippen LogP contribution >= 0.6 is 0 Å². The molecule has 0 bridgehead atoms. The monoisotopic (exact) mass is 226 g/mol. The summed E-state index contributed by atoms with van der Waals surface area (Å²) in [6.45, 7) is 2.90. The Balaban J connectivity index is 1.84. The summed E-state index contributed by atoms with van der Waals surface area (Å²) in [6.07, 6.45) is 2.11. The van der Waals surface area contributed by atoms with Gasteiger partial charge in [0, 0.05) is 19.6 Å². The Labute approximate surface area is 94.8 Å². The van der Waals surface area contributed by atoms with E-state index in [2.05, 4.69) is 5.32 Å². The van der Waals surface area contributed by atoms with Gasteiger partial charge in [0.2, 0.25) is 5.91 Å². The Hall–Kier alpha value is -1.10. The second-order valence-corrected chi connectivity index (χ2v) is 4.63. The summed E-state index contributed by atoms with van der Waals surface area (Å²) in [4.78, 5) is 24.6. The Morgan fingerprint density at radius 2 is 1.81 bits per heavy atom. The van der Waals surface area contributed by atoms with Crippen molar-refractivity contribution in [1.29, 1.82) is 0 Å². The van der Waals surface area contributed by atoms with E-state index in [9.17, 15) is 9.59 Å². The third-order valence-electron chi connectivity index (χ3n) is 3.57. The number of amides is 1. The molecule has 2 rings (SSSR count). The number of carboxylic acid groups (broad SMARTS) is 1. The summed E-state index contributed by atoms with van der Waals surface area (Å²) in [5.41, 5.74) is 0. The fraction of sp³-hybridized carbons (Fsp3) is 0.818. The van der Waals surface area contributed by atoms with Gasteiger partial charge >= 0.3 is 5.97 Å². The van der Waals surface area contributed by atoms with Crippen molar-refractivity contribution in [1.82, 2.24) is 10.2 Å². The highest BCUT2D eigenvalue weighted by molar-refractivity contribution is 5.80. The van der Waals surface area contributed by atoms with Gasteiger partial charge in [-0.2, -0.15) is 0 Å². The van der Waals surface area contributed by atoms with E-state index in [0.29, 0.717) is 25.9 Å². The minimum absolute atomic E-state index is 0.112. The average Bonchev–Trinajstić information content (AvgIpc) is 2.81. The number of hydrogen-bond acceptors (Lipinski definition) is 3. The Morgan fingerprint density at radius 3 is 2.31 bits per heavy atom. The van der Waals surface area contributed by atoms with Crippen LogP contribution in [-0.4, -0.2) is 48.1 Å². The Bertz CT molecular complexity index is 279. The number of nitrogens with zero attached hydrogens (tertiary/aromatic N) is 1. The largest absolute Gasteiger partial charge is 0.481 e. The number of rotatable bonds is 2. The molecule has 2 fully saturated rings. The zero-order valence-electron chi connectivity index (χ0n) is 9.32. The first-order valence-electron chi connectivity index (χ1n) is 5.91. The fourth-order valence-corrected chi connectivity index (χ4v) is 2.47. The van der Waals surface area contributed by atoms with Crippen LogP contribution in [0.4, 0.5) is 0 Å². The molecule has 5 nitrogen and oxygen atoms in total. The molecule has 1 atom stereocenters. The van der Waals surface area contributed by atoms with Gasteiger partial charge in [0.25, 0.3) is 0 Å². The molecule has 5 heteroatoms. The summed E-state index contributed by atoms with van der Waals surface area (Å²) in [7, 11) is 0. The van der Waals surface area contributed by atoms with E-state index in [1.165, 1.54) is 0 Å². The summed E-state index contributed by atoms with van der Waals surface area (Å²) in [5.74, 6) is -0.671. The molecule has 1 amide bonds. The van der Waals surface area contributed by atoms with Crippen LogP contribution in [0.5, 0.6) is 0 Å². The molecule has 2 N–H and O–H groups in total. The summed E-state index contributed by atoms with van der Waals surface area (Å²) >= 11 is 0. The van der Waals surface area contributed by atoms with E-state index in [0.717, 1.165) is 19.5 Å². The van der Waals surface area contributed by atoms with Crippen LogP contribution in [0, 0.1) is 11.8 Å². The zero-order valence-corrected chi connectivity index (χ0v) is 9.32. The van der Waals surface area contributed by atoms with Crippen LogP contribution in [0.1, 0.15) is 19.3 Å². The van der Waals surface area contributed by atoms with E-state index in [-0.39, 0.29) is 17.7 Å². The van der Waals surface area contributed by atoms with E-state index >= 15 is 0 Å². The lowest BCUT2D eigenvalue weighted by Crippen LogP contribution is -2.43. The molecule has 90 valence electrons. The van der Waals surface area contributed by atoms with Gasteiger partial charge in [0.05, 0.1) is 11.8 Å². The number of aliphatic carboxylic acids is 1. The first-order valence-corrected chi connectivity index (χ1v) is 5.91. The number of carboxylic acids is 1. The number of likely N-dealkylation sites (tertiary alicyclic amines) is 1. The van der Waals surface area contributed by atoms with Crippen LogP contribution in [0.2, 0.25) is 0 Å². The van der Waals surface area contributed by atoms with Gasteiger partial charge < -0.3 is 15.3 Å². The van der Waals surface area contributed by atoms with Gasteiger partial charge in [-0.15, -0.1) is 0 Å². The van der Waals surface area contributed by atoms with Crippen LogP contribution in [-0.2, 0) is 9.59 Å². The van der Waals surface area contributed by atoms with Crippen molar-refractivity contribution in [2.45, 2.75) is 19.3 Å². The number of hydrogen-bond donors (Lipinski definition) is 2. The summed E-state index contributed by atoms with van der Waals surface area (Å²) in [5, 5.41) is 12.0. The van der Waals surface area contributed by atoms with Crippen LogP contribution in [0.3, 0.4) is 0 Å². The molecule has 2 aliphatic heterocycles. The van der Waals surface area contributed by atoms with Gasteiger partial charge in [-0.25, -0.2) is 0 Å². The number of nitrogens with one attached hydrogen (secondary N) is 1. The highest BCUT2D eigenvalue weighted by atomic mass is 16.4. The average molecular weight is 226 g/mol. The lowest BCUT2D eigenvalue weighted by Gasteiger charge is -2.31. The normalized spacial score (nSPS) is 27.0. The SMILES string of the molecule is O=C(O)C1CCN(C(=O)C2CCNC2)CC1. The molecule has 0 spiro atoms. The summed E-state index contributed by atoms with van der Waals surface area (Å²) in [6, 6.07) is 0. The van der Waals surface area contributed by atoms with E-state index in [1.807, 2.05) is 4.90 Å². The third kappa shape index (κ3) is 2.35. The molecule has 2 heterocycles. The maximum Gasteiger partial charge on any atom is 0.306 e. The van der Waals surface area contributed by atoms with Crippen LogP contribution in [0.15, 0.2) is 0 Å². The predicted octanol–water partition coefficient (Wildman–Crippen LogP) is -0.0809. The molecule has 0 radical (unpaired) electrons. The van der Waals surface area contributed by atoms with Crippen molar-refractivity contribution >= 4 is 11.9 Å². The Morgan fingerprint density at radius 1 is 1.12 bits per heavy atom. The minimum atomic E-state index is -0.727. The molecular formula is C11H18N2O3. The topological polar surface area (TPSA) is 69.6 Å². The number of carbonyl (C=O) groups is 2. The lowest BCUT2D eigenvalue weighted by molar-refractivity contribution is -0.146. The van der Waals surface area contributed by atoms with Crippen molar-refractivity contribution in [3.8, 4) is 0 Å². The molecule has 0 aliphatic carbocycles. The lowest BCUT2D eigenvalue weighted by atomic mass is 9.96. The molecule has 2 aliphatic rings. The zero-order chi connectivity index (χ0) is 11.5. The minimum Gasteiger partial charge on any atom is -0.481 e. The molecular weight excluding hydrogens is 208 g/mol. The maximum absolute atomic E-state index is 12.0. The quantitative estimate of drug-likeness (QED) is 0.691. The molecule has 0 aromatic carbocycles. The second-order valence-electron chi connectivity index (χ2n) is 4.63. The van der Waals surface area contributed by atoms with Gasteiger partial charge in [-0.3, -0.25) is 9.59 Å². The Kier molecular flexibility index (Phi) is 3.43. The van der Waals surface area contributed by atoms with Gasteiger partial charge in [-0.05, 0) is 25.8 Å². The van der Waals surface area contributed by atoms with E-state index < -0.39 is 5.97 Å². The molecule has 0 aromatic rings. The van der Waals surface area contributed by atoms with Gasteiger partial charge in [0.15, 0.2) is 0 Å². The number of carbonyl (C=O) groups excluding carboxylic acids is 1. The highest BCUT2D eigenvalue weighted by Crippen LogP contribution is 2.20. The fourth-order valence-electron chi connectivity index (χ4n) is 2.47. The first-order chi connectivity index (χ1) is 7.68. The first kappa shape index (κ1) is 11.4. The molecule has 1 unspecified atom stereocenters. The second kappa shape index (κ2) is 4.82. The van der Waals surface area contributed by atoms with Crippen molar-refractivity contribution < 1.29 is 14.7 Å². The van der Waals surface area contributed by atoms with Crippen LogP contribution < -0.4 is 5.32 Å². The number of piperidine rings is 1. The van der Waals surface area contributed by atoms with Crippen LogP contribution in [0.25, 0.3) is 0 Å². The molecule has 0 saturated carbocycles. The third-order valence-corrected chi connectivity index (χ3v) is 3.57. The van der Waals surface area contributed by atoms with Gasteiger partial charge in [0.1, 0.15) is 0 Å². The van der Waals surface area contributed by atoms with Crippen molar-refractivity contribution in [3.63, 3.8) is 0 Å². The van der Waals surface area contributed by atoms with Crippen molar-refractivity contribution in [2.75, 3.05) is 26.2 Å². The highest BCUT2D eigenvalue weighted by Gasteiger charge is 2.31. The van der Waals surface area contributed by atoms with Crippen molar-refractivity contribution in [3.05, 3.63) is 0 Å². The summed E-state index contributed by atoms with van der Waals surface area (Å²) < 4.78 is 0. The van der Waals surface area contributed by atoms with E-state index in [1.54, 1.807) is 0 Å².